The van der Waals surface area contributed by atoms with E-state index in [0.29, 0.717) is 6.04 Å². The molecule has 0 bridgehead atoms. The second-order valence-electron chi connectivity index (χ2n) is 6.81. The summed E-state index contributed by atoms with van der Waals surface area (Å²) in [5.41, 5.74) is 0.287. The Morgan fingerprint density at radius 3 is 2.29 bits per heavy atom. The third-order valence-electron chi connectivity index (χ3n) is 4.14. The van der Waals surface area contributed by atoms with Crippen molar-refractivity contribution in [3.63, 3.8) is 0 Å². The topological polar surface area (TPSA) is 44.3 Å². The van der Waals surface area contributed by atoms with Gasteiger partial charge in [-0.3, -0.25) is 4.90 Å². The summed E-state index contributed by atoms with van der Waals surface area (Å²) >= 11 is 0. The van der Waals surface area contributed by atoms with E-state index < -0.39 is 0 Å². The second kappa shape index (κ2) is 7.18. The van der Waals surface area contributed by atoms with E-state index >= 15 is 0 Å². The van der Waals surface area contributed by atoms with Gasteiger partial charge < -0.3 is 10.2 Å². The summed E-state index contributed by atoms with van der Waals surface area (Å²) in [7, 11) is 0. The molecule has 0 saturated carbocycles. The van der Waals surface area contributed by atoms with E-state index in [1.165, 1.54) is 0 Å². The van der Waals surface area contributed by atoms with Crippen molar-refractivity contribution < 1.29 is 0 Å². The van der Waals surface area contributed by atoms with Crippen molar-refractivity contribution in [1.29, 1.82) is 0 Å². The molecule has 0 spiro atoms. The van der Waals surface area contributed by atoms with Crippen LogP contribution in [0.15, 0.2) is 18.5 Å². The minimum atomic E-state index is 0.287. The molecule has 1 fully saturated rings. The summed E-state index contributed by atoms with van der Waals surface area (Å²) in [6, 6.07) is 2.39. The molecular weight excluding hydrogens is 262 g/mol. The van der Waals surface area contributed by atoms with Crippen molar-refractivity contribution in [2.45, 2.75) is 33.7 Å². The molecule has 0 radical (unpaired) electrons. The number of likely N-dealkylation sites (N-methyl/N-ethyl adjacent to an activating group) is 1. The Morgan fingerprint density at radius 1 is 1.14 bits per heavy atom. The van der Waals surface area contributed by atoms with Gasteiger partial charge in [0, 0.05) is 51.2 Å². The Kier molecular flexibility index (Phi) is 5.53. The average Bonchev–Trinajstić information content (AvgIpc) is 2.47. The number of hydrogen-bond donors (Lipinski definition) is 1. The largest absolute Gasteiger partial charge is 0.338 e. The molecule has 1 saturated heterocycles. The molecule has 1 aliphatic heterocycles. The summed E-state index contributed by atoms with van der Waals surface area (Å²) in [6.45, 7) is 15.4. The Hall–Kier alpha value is -1.20. The highest BCUT2D eigenvalue weighted by Gasteiger charge is 2.27. The first-order valence-corrected chi connectivity index (χ1v) is 7.98. The van der Waals surface area contributed by atoms with Gasteiger partial charge in [-0.05, 0) is 18.0 Å². The highest BCUT2D eigenvalue weighted by atomic mass is 15.3. The van der Waals surface area contributed by atoms with Crippen molar-refractivity contribution in [1.82, 2.24) is 20.2 Å². The van der Waals surface area contributed by atoms with E-state index in [0.717, 1.165) is 45.2 Å². The predicted molar refractivity (Wildman–Crippen MR) is 87.6 cm³/mol. The maximum absolute atomic E-state index is 4.34. The van der Waals surface area contributed by atoms with E-state index in [4.69, 9.17) is 0 Å². The molecule has 5 heteroatoms. The molecule has 2 rings (SSSR count). The maximum atomic E-state index is 4.34. The number of hydrogen-bond acceptors (Lipinski definition) is 5. The van der Waals surface area contributed by atoms with Crippen molar-refractivity contribution in [3.8, 4) is 0 Å². The van der Waals surface area contributed by atoms with Crippen LogP contribution in [0.2, 0.25) is 0 Å². The Bertz CT molecular complexity index is 406. The molecule has 1 aromatic rings. The molecule has 21 heavy (non-hydrogen) atoms. The molecule has 1 N–H and O–H groups in total. The molecule has 1 unspecified atom stereocenters. The molecule has 5 nitrogen and oxygen atoms in total. The van der Waals surface area contributed by atoms with E-state index in [9.17, 15) is 0 Å². The van der Waals surface area contributed by atoms with Gasteiger partial charge in [-0.25, -0.2) is 9.97 Å². The fourth-order valence-corrected chi connectivity index (χ4v) is 2.73. The summed E-state index contributed by atoms with van der Waals surface area (Å²) < 4.78 is 0. The zero-order chi connectivity index (χ0) is 15.3. The van der Waals surface area contributed by atoms with Crippen LogP contribution in [-0.2, 0) is 0 Å². The zero-order valence-electron chi connectivity index (χ0n) is 13.8. The van der Waals surface area contributed by atoms with E-state index in [1.54, 1.807) is 0 Å². The third kappa shape index (κ3) is 4.64. The van der Waals surface area contributed by atoms with Gasteiger partial charge in [0.05, 0.1) is 0 Å². The van der Waals surface area contributed by atoms with Gasteiger partial charge in [0.2, 0.25) is 5.95 Å². The van der Waals surface area contributed by atoms with Crippen LogP contribution in [0, 0.1) is 5.41 Å². The molecule has 1 atom stereocenters. The molecular formula is C16H29N5. The lowest BCUT2D eigenvalue weighted by molar-refractivity contribution is 0.167. The van der Waals surface area contributed by atoms with Crippen molar-refractivity contribution in [3.05, 3.63) is 18.5 Å². The standard InChI is InChI=1S/C16H29N5/c1-5-17-14(16(2,3)4)13-20-9-11-21(12-10-20)15-18-7-6-8-19-15/h6-8,14,17H,5,9-13H2,1-4H3. The van der Waals surface area contributed by atoms with Crippen LogP contribution in [-0.4, -0.2) is 60.2 Å². The molecule has 0 aromatic carbocycles. The lowest BCUT2D eigenvalue weighted by atomic mass is 9.86. The van der Waals surface area contributed by atoms with E-state index in [1.807, 2.05) is 18.5 Å². The first-order chi connectivity index (χ1) is 10.0. The lowest BCUT2D eigenvalue weighted by Crippen LogP contribution is -2.54. The molecule has 1 aromatic heterocycles. The Morgan fingerprint density at radius 2 is 1.76 bits per heavy atom. The monoisotopic (exact) mass is 291 g/mol. The van der Waals surface area contributed by atoms with E-state index in [2.05, 4.69) is 52.8 Å². The highest BCUT2D eigenvalue weighted by molar-refractivity contribution is 5.29. The quantitative estimate of drug-likeness (QED) is 0.893. The third-order valence-corrected chi connectivity index (χ3v) is 4.14. The van der Waals surface area contributed by atoms with Crippen LogP contribution >= 0.6 is 0 Å². The Balaban J connectivity index is 1.86. The van der Waals surface area contributed by atoms with Crippen molar-refractivity contribution >= 4 is 5.95 Å². The van der Waals surface area contributed by atoms with Gasteiger partial charge in [-0.2, -0.15) is 0 Å². The van der Waals surface area contributed by atoms with E-state index in [-0.39, 0.29) is 5.41 Å². The van der Waals surface area contributed by atoms with Gasteiger partial charge in [-0.15, -0.1) is 0 Å². The van der Waals surface area contributed by atoms with Gasteiger partial charge in [-0.1, -0.05) is 27.7 Å². The summed E-state index contributed by atoms with van der Waals surface area (Å²) in [4.78, 5) is 13.5. The molecule has 118 valence electrons. The maximum Gasteiger partial charge on any atom is 0.225 e. The average molecular weight is 291 g/mol. The van der Waals surface area contributed by atoms with Crippen LogP contribution in [0.1, 0.15) is 27.7 Å². The van der Waals surface area contributed by atoms with Gasteiger partial charge in [0.25, 0.3) is 0 Å². The molecule has 0 aliphatic carbocycles. The van der Waals surface area contributed by atoms with Crippen LogP contribution in [0.25, 0.3) is 0 Å². The SMILES string of the molecule is CCNC(CN1CCN(c2ncccn2)CC1)C(C)(C)C. The predicted octanol–water partition coefficient (Wildman–Crippen LogP) is 1.62. The lowest BCUT2D eigenvalue weighted by Gasteiger charge is -2.40. The van der Waals surface area contributed by atoms with Crippen LogP contribution in [0.3, 0.4) is 0 Å². The summed E-state index contributed by atoms with van der Waals surface area (Å²) in [5, 5.41) is 3.63. The van der Waals surface area contributed by atoms with Gasteiger partial charge in [0.15, 0.2) is 0 Å². The fourth-order valence-electron chi connectivity index (χ4n) is 2.73. The molecule has 0 amide bonds. The van der Waals surface area contributed by atoms with Crippen LogP contribution in [0.5, 0.6) is 0 Å². The highest BCUT2D eigenvalue weighted by Crippen LogP contribution is 2.21. The number of anilines is 1. The van der Waals surface area contributed by atoms with Crippen molar-refractivity contribution in [2.24, 2.45) is 5.41 Å². The fraction of sp³-hybridized carbons (Fsp3) is 0.750. The van der Waals surface area contributed by atoms with Gasteiger partial charge >= 0.3 is 0 Å². The number of rotatable bonds is 5. The van der Waals surface area contributed by atoms with Gasteiger partial charge in [0.1, 0.15) is 0 Å². The second-order valence-corrected chi connectivity index (χ2v) is 6.81. The summed E-state index contributed by atoms with van der Waals surface area (Å²) in [6.07, 6.45) is 3.63. The summed E-state index contributed by atoms with van der Waals surface area (Å²) in [5.74, 6) is 0.858. The number of nitrogens with one attached hydrogen (secondary N) is 1. The number of piperazine rings is 1. The first kappa shape index (κ1) is 16.2. The first-order valence-electron chi connectivity index (χ1n) is 7.98. The minimum Gasteiger partial charge on any atom is -0.338 e. The molecule has 2 heterocycles. The normalized spacial score (nSPS) is 18.8. The smallest absolute Gasteiger partial charge is 0.225 e. The molecule has 1 aliphatic rings. The minimum absolute atomic E-state index is 0.287. The Labute approximate surface area is 128 Å². The number of nitrogens with zero attached hydrogens (tertiary/aromatic N) is 4. The van der Waals surface area contributed by atoms with Crippen LogP contribution in [0.4, 0.5) is 5.95 Å². The zero-order valence-corrected chi connectivity index (χ0v) is 13.8. The van der Waals surface area contributed by atoms with Crippen molar-refractivity contribution in [2.75, 3.05) is 44.2 Å². The number of aromatic nitrogens is 2. The van der Waals surface area contributed by atoms with Crippen LogP contribution < -0.4 is 10.2 Å².